The van der Waals surface area contributed by atoms with E-state index < -0.39 is 5.60 Å². The van der Waals surface area contributed by atoms with Gasteiger partial charge < -0.3 is 9.53 Å². The first-order chi connectivity index (χ1) is 6.37. The summed E-state index contributed by atoms with van der Waals surface area (Å²) in [6, 6.07) is 0. The van der Waals surface area contributed by atoms with E-state index in [1.807, 2.05) is 0 Å². The number of carbonyl (C=O) groups is 1. The molecule has 2 unspecified atom stereocenters. The van der Waals surface area contributed by atoms with Crippen LogP contribution < -0.4 is 0 Å². The molecule has 0 aromatic carbocycles. The first kappa shape index (κ1) is 8.95. The summed E-state index contributed by atoms with van der Waals surface area (Å²) in [7, 11) is 0. The van der Waals surface area contributed by atoms with Crippen LogP contribution in [0.4, 0.5) is 0 Å². The molecule has 0 aromatic rings. The van der Waals surface area contributed by atoms with Gasteiger partial charge in [0.05, 0.1) is 0 Å². The van der Waals surface area contributed by atoms with Crippen molar-refractivity contribution >= 4 is 6.29 Å². The molecule has 1 heterocycles. The van der Waals surface area contributed by atoms with Crippen LogP contribution in [0.15, 0.2) is 12.2 Å². The molecule has 0 radical (unpaired) electrons. The number of ether oxygens (including phenoxy) is 1. The van der Waals surface area contributed by atoms with Gasteiger partial charge >= 0.3 is 0 Å². The molecule has 0 aromatic heterocycles. The largest absolute Gasteiger partial charge is 0.367 e. The highest BCUT2D eigenvalue weighted by atomic mass is 16.5. The fraction of sp³-hybridized carbons (Fsp3) is 0.727. The maximum atomic E-state index is 11.1. The topological polar surface area (TPSA) is 26.3 Å². The lowest BCUT2D eigenvalue weighted by Gasteiger charge is -2.31. The van der Waals surface area contributed by atoms with Crippen molar-refractivity contribution in [1.82, 2.24) is 0 Å². The number of rotatable bonds is 2. The summed E-state index contributed by atoms with van der Waals surface area (Å²) < 4.78 is 5.61. The van der Waals surface area contributed by atoms with E-state index in [0.29, 0.717) is 5.92 Å². The molecule has 0 N–H and O–H groups in total. The van der Waals surface area contributed by atoms with E-state index in [1.165, 1.54) is 6.42 Å². The average molecular weight is 180 g/mol. The standard InChI is InChI=1S/C11H16O2/c12-9-11(7-4-8-13-11)10-5-2-1-3-6-10/h2,5,9-10H,1,3-4,6-8H2. The third-order valence-electron chi connectivity index (χ3n) is 3.16. The lowest BCUT2D eigenvalue weighted by Crippen LogP contribution is -2.38. The fourth-order valence-electron chi connectivity index (χ4n) is 2.38. The molecule has 1 aliphatic carbocycles. The number of hydrogen-bond acceptors (Lipinski definition) is 2. The maximum Gasteiger partial charge on any atom is 0.152 e. The number of carbonyl (C=O) groups excluding carboxylic acids is 1. The highest BCUT2D eigenvalue weighted by Gasteiger charge is 2.41. The van der Waals surface area contributed by atoms with E-state index in [2.05, 4.69) is 12.2 Å². The predicted molar refractivity (Wildman–Crippen MR) is 50.5 cm³/mol. The molecule has 2 heteroatoms. The summed E-state index contributed by atoms with van der Waals surface area (Å²) in [5.74, 6) is 0.334. The summed E-state index contributed by atoms with van der Waals surface area (Å²) in [5, 5.41) is 0. The Balaban J connectivity index is 2.14. The van der Waals surface area contributed by atoms with Crippen LogP contribution >= 0.6 is 0 Å². The van der Waals surface area contributed by atoms with Crippen molar-refractivity contribution in [2.24, 2.45) is 5.92 Å². The predicted octanol–water partition coefficient (Wildman–Crippen LogP) is 2.09. The smallest absolute Gasteiger partial charge is 0.152 e. The molecule has 1 saturated heterocycles. The highest BCUT2D eigenvalue weighted by molar-refractivity contribution is 5.64. The average Bonchev–Trinajstić information content (AvgIpc) is 2.69. The lowest BCUT2D eigenvalue weighted by atomic mass is 9.80. The zero-order valence-electron chi connectivity index (χ0n) is 7.87. The first-order valence-electron chi connectivity index (χ1n) is 5.14. The molecule has 0 spiro atoms. The van der Waals surface area contributed by atoms with Crippen molar-refractivity contribution in [3.8, 4) is 0 Å². The van der Waals surface area contributed by atoms with Crippen molar-refractivity contribution in [3.05, 3.63) is 12.2 Å². The van der Waals surface area contributed by atoms with Crippen molar-refractivity contribution < 1.29 is 9.53 Å². The minimum atomic E-state index is -0.461. The van der Waals surface area contributed by atoms with Crippen LogP contribution in [0.3, 0.4) is 0 Å². The Morgan fingerprint density at radius 2 is 2.38 bits per heavy atom. The third kappa shape index (κ3) is 1.55. The summed E-state index contributed by atoms with van der Waals surface area (Å²) in [4.78, 5) is 11.1. The Morgan fingerprint density at radius 3 is 2.92 bits per heavy atom. The van der Waals surface area contributed by atoms with Gasteiger partial charge in [0.15, 0.2) is 6.29 Å². The van der Waals surface area contributed by atoms with Gasteiger partial charge in [0.2, 0.25) is 0 Å². The second kappa shape index (κ2) is 3.62. The monoisotopic (exact) mass is 180 g/mol. The molecule has 1 aliphatic heterocycles. The summed E-state index contributed by atoms with van der Waals surface area (Å²) >= 11 is 0. The zero-order chi connectivity index (χ0) is 9.15. The summed E-state index contributed by atoms with van der Waals surface area (Å²) in [6.45, 7) is 0.753. The molecular weight excluding hydrogens is 164 g/mol. The van der Waals surface area contributed by atoms with E-state index in [9.17, 15) is 4.79 Å². The molecular formula is C11H16O2. The molecule has 0 saturated carbocycles. The molecule has 2 aliphatic rings. The van der Waals surface area contributed by atoms with Crippen molar-refractivity contribution in [2.75, 3.05) is 6.61 Å². The molecule has 1 fully saturated rings. The number of aldehydes is 1. The number of allylic oxidation sites excluding steroid dienone is 1. The molecule has 0 amide bonds. The van der Waals surface area contributed by atoms with E-state index in [4.69, 9.17) is 4.74 Å². The van der Waals surface area contributed by atoms with E-state index in [0.717, 1.165) is 38.6 Å². The molecule has 2 rings (SSSR count). The molecule has 13 heavy (non-hydrogen) atoms. The van der Waals surface area contributed by atoms with Gasteiger partial charge in [-0.15, -0.1) is 0 Å². The molecule has 72 valence electrons. The number of hydrogen-bond donors (Lipinski definition) is 0. The van der Waals surface area contributed by atoms with E-state index in [1.54, 1.807) is 0 Å². The minimum Gasteiger partial charge on any atom is -0.367 e. The fourth-order valence-corrected chi connectivity index (χ4v) is 2.38. The Morgan fingerprint density at radius 1 is 1.46 bits per heavy atom. The van der Waals surface area contributed by atoms with Crippen molar-refractivity contribution in [3.63, 3.8) is 0 Å². The van der Waals surface area contributed by atoms with Gasteiger partial charge in [0.25, 0.3) is 0 Å². The third-order valence-corrected chi connectivity index (χ3v) is 3.16. The molecule has 0 bridgehead atoms. The van der Waals surface area contributed by atoms with Gasteiger partial charge in [-0.05, 0) is 32.1 Å². The highest BCUT2D eigenvalue weighted by Crippen LogP contribution is 2.36. The van der Waals surface area contributed by atoms with Crippen LogP contribution in [-0.2, 0) is 9.53 Å². The van der Waals surface area contributed by atoms with Crippen LogP contribution in [0.5, 0.6) is 0 Å². The Labute approximate surface area is 79.0 Å². The maximum absolute atomic E-state index is 11.1. The SMILES string of the molecule is O=CC1(C2C=CCCC2)CCCO1. The van der Waals surface area contributed by atoms with Gasteiger partial charge in [-0.3, -0.25) is 0 Å². The van der Waals surface area contributed by atoms with Crippen LogP contribution in [0.25, 0.3) is 0 Å². The second-order valence-electron chi connectivity index (χ2n) is 3.99. The Hall–Kier alpha value is -0.630. The molecule has 2 atom stereocenters. The normalized spacial score (nSPS) is 39.2. The second-order valence-corrected chi connectivity index (χ2v) is 3.99. The van der Waals surface area contributed by atoms with Gasteiger partial charge in [0, 0.05) is 12.5 Å². The van der Waals surface area contributed by atoms with Gasteiger partial charge in [-0.1, -0.05) is 12.2 Å². The summed E-state index contributed by atoms with van der Waals surface area (Å²) in [6.07, 6.45) is 10.8. The van der Waals surface area contributed by atoms with Crippen molar-refractivity contribution in [1.29, 1.82) is 0 Å². The lowest BCUT2D eigenvalue weighted by molar-refractivity contribution is -0.130. The van der Waals surface area contributed by atoms with E-state index >= 15 is 0 Å². The van der Waals surface area contributed by atoms with E-state index in [-0.39, 0.29) is 0 Å². The van der Waals surface area contributed by atoms with Gasteiger partial charge in [-0.2, -0.15) is 0 Å². The van der Waals surface area contributed by atoms with Gasteiger partial charge in [-0.25, -0.2) is 0 Å². The van der Waals surface area contributed by atoms with Crippen LogP contribution in [-0.4, -0.2) is 18.5 Å². The molecule has 2 nitrogen and oxygen atoms in total. The van der Waals surface area contributed by atoms with Crippen molar-refractivity contribution in [2.45, 2.75) is 37.7 Å². The summed E-state index contributed by atoms with van der Waals surface area (Å²) in [5.41, 5.74) is -0.461. The first-order valence-corrected chi connectivity index (χ1v) is 5.14. The minimum absolute atomic E-state index is 0.334. The van der Waals surface area contributed by atoms with Crippen LogP contribution in [0.2, 0.25) is 0 Å². The Bertz CT molecular complexity index is 214. The Kier molecular flexibility index (Phi) is 2.49. The van der Waals surface area contributed by atoms with Crippen LogP contribution in [0, 0.1) is 5.92 Å². The zero-order valence-corrected chi connectivity index (χ0v) is 7.87. The van der Waals surface area contributed by atoms with Crippen LogP contribution in [0.1, 0.15) is 32.1 Å². The quantitative estimate of drug-likeness (QED) is 0.480. The van der Waals surface area contributed by atoms with Gasteiger partial charge in [0.1, 0.15) is 5.60 Å².